The highest BCUT2D eigenvalue weighted by Gasteiger charge is 2.27. The largest absolute Gasteiger partial charge is 0.472 e. The maximum atomic E-state index is 12.9. The van der Waals surface area contributed by atoms with E-state index in [1.54, 1.807) is 0 Å². The molecule has 0 aromatic rings. The Hall–Kier alpha value is -3.07. The number of hydrogen-bond acceptors (Lipinski definition) is 7. The van der Waals surface area contributed by atoms with Crippen LogP contribution in [0.2, 0.25) is 0 Å². The maximum Gasteiger partial charge on any atom is 0.472 e. The van der Waals surface area contributed by atoms with Crippen molar-refractivity contribution in [3.05, 3.63) is 97.2 Å². The quantitative estimate of drug-likeness (QED) is 0.0211. The summed E-state index contributed by atoms with van der Waals surface area (Å²) in [6.07, 6.45) is 86.6. The number of allylic oxidation sites excluding steroid dienone is 16. The van der Waals surface area contributed by atoms with Crippen LogP contribution in [-0.2, 0) is 32.7 Å². The van der Waals surface area contributed by atoms with Crippen molar-refractivity contribution in [2.24, 2.45) is 0 Å². The molecule has 0 aliphatic carbocycles. The van der Waals surface area contributed by atoms with Crippen molar-refractivity contribution in [3.63, 3.8) is 0 Å². The van der Waals surface area contributed by atoms with Gasteiger partial charge in [-0.2, -0.15) is 0 Å². The van der Waals surface area contributed by atoms with E-state index in [4.69, 9.17) is 18.5 Å². The lowest BCUT2D eigenvalue weighted by atomic mass is 10.0. The Balaban J connectivity index is 3.94. The van der Waals surface area contributed by atoms with Crippen LogP contribution in [-0.4, -0.2) is 74.9 Å². The highest BCUT2D eigenvalue weighted by atomic mass is 31.2. The molecule has 2 unspecified atom stereocenters. The molecule has 0 radical (unpaired) electrons. The third-order valence-electron chi connectivity index (χ3n) is 14.6. The first-order valence-corrected chi connectivity index (χ1v) is 35.5. The molecule has 1 N–H and O–H groups in total. The molecule has 10 heteroatoms. The van der Waals surface area contributed by atoms with Gasteiger partial charge in [-0.15, -0.1) is 0 Å². The van der Waals surface area contributed by atoms with Gasteiger partial charge in [-0.25, -0.2) is 4.57 Å². The zero-order chi connectivity index (χ0) is 59.8. The molecule has 9 nitrogen and oxygen atoms in total. The summed E-state index contributed by atoms with van der Waals surface area (Å²) in [6, 6.07) is 0. The van der Waals surface area contributed by atoms with Crippen LogP contribution in [0.4, 0.5) is 0 Å². The van der Waals surface area contributed by atoms with Crippen molar-refractivity contribution >= 4 is 19.8 Å². The minimum absolute atomic E-state index is 0.0292. The molecular weight excluding hydrogens is 1040 g/mol. The van der Waals surface area contributed by atoms with Crippen LogP contribution in [0.5, 0.6) is 0 Å². The lowest BCUT2D eigenvalue weighted by Gasteiger charge is -2.24. The van der Waals surface area contributed by atoms with Crippen molar-refractivity contribution in [3.8, 4) is 0 Å². The van der Waals surface area contributed by atoms with Crippen LogP contribution in [0.25, 0.3) is 0 Å². The van der Waals surface area contributed by atoms with Crippen LogP contribution < -0.4 is 0 Å². The standard InChI is InChI=1S/C72H128NO8P/c1-6-8-10-12-14-16-18-20-22-24-25-26-27-28-29-30-31-32-33-34-35-36-37-38-39-40-41-42-43-44-45-46-47-49-51-53-55-57-59-61-63-65-72(75)81-70(69-80-82(76,77)79-67-66-73(3,4)5)68-78-71(74)64-62-60-58-56-54-52-50-48-23-21-19-17-15-13-11-9-7-2/h8,10,14-17,20-23,25-26,28-29,31-32,70H,6-7,9,11-13,18-19,24,27,30,33-69H2,1-5H3/p+1/b10-8-,16-14-,17-15-,22-20-,23-21-,26-25-,29-28-,32-31-. The number of unbranched alkanes of at least 4 members (excludes halogenated alkanes) is 32. The molecule has 0 aromatic carbocycles. The number of carbonyl (C=O) groups excluding carboxylic acids is 2. The maximum absolute atomic E-state index is 12.9. The fourth-order valence-corrected chi connectivity index (χ4v) is 10.1. The van der Waals surface area contributed by atoms with E-state index in [-0.39, 0.29) is 32.0 Å². The van der Waals surface area contributed by atoms with Gasteiger partial charge in [-0.3, -0.25) is 18.6 Å². The van der Waals surface area contributed by atoms with E-state index >= 15 is 0 Å². The lowest BCUT2D eigenvalue weighted by molar-refractivity contribution is -0.870. The molecule has 0 aliphatic heterocycles. The predicted molar refractivity (Wildman–Crippen MR) is 353 cm³/mol. The van der Waals surface area contributed by atoms with Gasteiger partial charge < -0.3 is 18.9 Å². The number of phosphoric ester groups is 1. The van der Waals surface area contributed by atoms with E-state index in [0.717, 1.165) is 89.9 Å². The number of carbonyl (C=O) groups is 2. The van der Waals surface area contributed by atoms with Crippen LogP contribution in [0, 0.1) is 0 Å². The van der Waals surface area contributed by atoms with Crippen molar-refractivity contribution in [1.82, 2.24) is 0 Å². The number of nitrogens with zero attached hydrogens (tertiary/aromatic N) is 1. The van der Waals surface area contributed by atoms with E-state index in [1.165, 1.54) is 173 Å². The fourth-order valence-electron chi connectivity index (χ4n) is 9.40. The van der Waals surface area contributed by atoms with Gasteiger partial charge in [0.25, 0.3) is 0 Å². The number of ether oxygens (including phenoxy) is 2. The average Bonchev–Trinajstić information content (AvgIpc) is 3.45. The average molecular weight is 1170 g/mol. The van der Waals surface area contributed by atoms with Gasteiger partial charge >= 0.3 is 19.8 Å². The third-order valence-corrected chi connectivity index (χ3v) is 15.6. The third kappa shape index (κ3) is 66.1. The second kappa shape index (κ2) is 62.5. The first-order chi connectivity index (χ1) is 40.0. The molecule has 2 atom stereocenters. The predicted octanol–water partition coefficient (Wildman–Crippen LogP) is 21.9. The number of rotatable bonds is 62. The molecule has 0 aliphatic rings. The lowest BCUT2D eigenvalue weighted by Crippen LogP contribution is -2.37. The molecule has 0 heterocycles. The Bertz CT molecular complexity index is 1710. The zero-order valence-corrected chi connectivity index (χ0v) is 54.8. The monoisotopic (exact) mass is 1170 g/mol. The van der Waals surface area contributed by atoms with Gasteiger partial charge in [0.2, 0.25) is 0 Å². The van der Waals surface area contributed by atoms with Crippen molar-refractivity contribution in [1.29, 1.82) is 0 Å². The topological polar surface area (TPSA) is 108 Å². The number of hydrogen-bond donors (Lipinski definition) is 1. The molecule has 82 heavy (non-hydrogen) atoms. The summed E-state index contributed by atoms with van der Waals surface area (Å²) in [4.78, 5) is 35.8. The van der Waals surface area contributed by atoms with Gasteiger partial charge in [-0.05, 0) is 96.3 Å². The second-order valence-electron chi connectivity index (χ2n) is 23.8. The smallest absolute Gasteiger partial charge is 0.462 e. The Morgan fingerprint density at radius 3 is 1.04 bits per heavy atom. The summed E-state index contributed by atoms with van der Waals surface area (Å²) < 4.78 is 34.6. The molecule has 0 saturated heterocycles. The number of phosphoric acid groups is 1. The number of likely N-dealkylation sites (N-methyl/N-ethyl adjacent to an activating group) is 1. The van der Waals surface area contributed by atoms with Crippen molar-refractivity contribution in [2.75, 3.05) is 47.5 Å². The van der Waals surface area contributed by atoms with E-state index < -0.39 is 26.5 Å². The van der Waals surface area contributed by atoms with Gasteiger partial charge in [0.15, 0.2) is 6.10 Å². The van der Waals surface area contributed by atoms with Crippen molar-refractivity contribution < 1.29 is 42.1 Å². The molecule has 0 bridgehead atoms. The highest BCUT2D eigenvalue weighted by Crippen LogP contribution is 2.43. The van der Waals surface area contributed by atoms with E-state index in [1.807, 2.05) is 21.1 Å². The first-order valence-electron chi connectivity index (χ1n) is 34.0. The summed E-state index contributed by atoms with van der Waals surface area (Å²) in [5.41, 5.74) is 0. The minimum atomic E-state index is -4.39. The normalized spacial score (nSPS) is 13.8. The summed E-state index contributed by atoms with van der Waals surface area (Å²) in [5, 5.41) is 0. The van der Waals surface area contributed by atoms with Gasteiger partial charge in [0, 0.05) is 12.8 Å². The molecule has 0 saturated carbocycles. The molecule has 0 rings (SSSR count). The van der Waals surface area contributed by atoms with E-state index in [9.17, 15) is 19.0 Å². The summed E-state index contributed by atoms with van der Waals surface area (Å²) in [5.74, 6) is -0.798. The van der Waals surface area contributed by atoms with Crippen molar-refractivity contribution in [2.45, 2.75) is 302 Å². The molecule has 0 spiro atoms. The summed E-state index contributed by atoms with van der Waals surface area (Å²) in [7, 11) is 1.48. The van der Waals surface area contributed by atoms with Crippen LogP contribution >= 0.6 is 7.82 Å². The summed E-state index contributed by atoms with van der Waals surface area (Å²) >= 11 is 0. The SMILES string of the molecule is CC/C=C\C/C=C\C/C=C\C/C=C\C/C=C\C/C=C\CCCCCCCCCCCCCCCCCCCCCCCCC(=O)OC(COC(=O)CCCCCCCCC/C=C\C/C=C\CCCCC)COP(=O)(O)OCC[N+](C)(C)C. The van der Waals surface area contributed by atoms with Crippen LogP contribution in [0.15, 0.2) is 97.2 Å². The zero-order valence-electron chi connectivity index (χ0n) is 54.0. The Labute approximate surface area is 506 Å². The molecule has 474 valence electrons. The molecular formula is C72H129NO8P+. The second-order valence-corrected chi connectivity index (χ2v) is 25.3. The van der Waals surface area contributed by atoms with E-state index in [2.05, 4.69) is 111 Å². The number of quaternary nitrogens is 1. The Kier molecular flexibility index (Phi) is 60.1. The first kappa shape index (κ1) is 78.9. The minimum Gasteiger partial charge on any atom is -0.462 e. The Morgan fingerprint density at radius 1 is 0.390 bits per heavy atom. The van der Waals surface area contributed by atoms with Crippen LogP contribution in [0.1, 0.15) is 296 Å². The van der Waals surface area contributed by atoms with Gasteiger partial charge in [0.05, 0.1) is 27.7 Å². The molecule has 0 aromatic heterocycles. The summed E-state index contributed by atoms with van der Waals surface area (Å²) in [6.45, 7) is 4.31. The van der Waals surface area contributed by atoms with Gasteiger partial charge in [0.1, 0.15) is 19.8 Å². The number of esters is 2. The molecule has 0 fully saturated rings. The molecule has 0 amide bonds. The fraction of sp³-hybridized carbons (Fsp3) is 0.750. The van der Waals surface area contributed by atoms with Crippen LogP contribution in [0.3, 0.4) is 0 Å². The Morgan fingerprint density at radius 2 is 0.695 bits per heavy atom. The highest BCUT2D eigenvalue weighted by molar-refractivity contribution is 7.47. The van der Waals surface area contributed by atoms with Gasteiger partial charge in [-0.1, -0.05) is 284 Å². The van der Waals surface area contributed by atoms with E-state index in [0.29, 0.717) is 17.4 Å².